The predicted molar refractivity (Wildman–Crippen MR) is 112 cm³/mol. The maximum Gasteiger partial charge on any atom is 0.425 e. The van der Waals surface area contributed by atoms with Crippen molar-refractivity contribution in [2.24, 2.45) is 0 Å². The summed E-state index contributed by atoms with van der Waals surface area (Å²) in [6.45, 7) is 0.500. The van der Waals surface area contributed by atoms with Crippen molar-refractivity contribution < 1.29 is 53.8 Å². The molecule has 1 aliphatic rings. The largest absolute Gasteiger partial charge is 0.494 e. The first-order valence-electron chi connectivity index (χ1n) is 10.2. The summed E-state index contributed by atoms with van der Waals surface area (Å²) in [6.07, 6.45) is -10.9. The summed E-state index contributed by atoms with van der Waals surface area (Å²) in [5.41, 5.74) is -1.50. The number of alkyl halides is 6. The third kappa shape index (κ3) is 5.94. The SMILES string of the molecule is COc1c(S(C)(=O)=O)ccc(O[C@@H](C)C(F)(F)F)c1C(=O)N1CC(Oc2ccc(C(F)(F)F)cn2)C1. The molecular weight excluding hydrogens is 522 g/mol. The van der Waals surface area contributed by atoms with Gasteiger partial charge in [-0.1, -0.05) is 0 Å². The number of aromatic nitrogens is 1. The number of carbonyl (C=O) groups is 1. The zero-order chi connectivity index (χ0) is 27.1. The van der Waals surface area contributed by atoms with Crippen molar-refractivity contribution in [1.29, 1.82) is 0 Å². The topological polar surface area (TPSA) is 95.0 Å². The summed E-state index contributed by atoms with van der Waals surface area (Å²) < 4.78 is 117. The molecule has 2 heterocycles. The van der Waals surface area contributed by atoms with Crippen molar-refractivity contribution in [2.75, 3.05) is 26.5 Å². The highest BCUT2D eigenvalue weighted by atomic mass is 32.2. The Bertz CT molecular complexity index is 1230. The van der Waals surface area contributed by atoms with Crippen LogP contribution < -0.4 is 14.2 Å². The van der Waals surface area contributed by atoms with Crippen LogP contribution >= 0.6 is 0 Å². The molecule has 3 rings (SSSR count). The first kappa shape index (κ1) is 27.4. The van der Waals surface area contributed by atoms with Crippen molar-refractivity contribution in [3.8, 4) is 17.4 Å². The number of ether oxygens (including phenoxy) is 3. The minimum atomic E-state index is -4.77. The summed E-state index contributed by atoms with van der Waals surface area (Å²) in [6, 6.07) is 3.70. The van der Waals surface area contributed by atoms with E-state index in [9.17, 15) is 39.6 Å². The van der Waals surface area contributed by atoms with Crippen molar-refractivity contribution in [1.82, 2.24) is 9.88 Å². The number of rotatable bonds is 7. The molecule has 0 radical (unpaired) electrons. The van der Waals surface area contributed by atoms with E-state index in [1.807, 2.05) is 0 Å². The summed E-state index contributed by atoms with van der Waals surface area (Å²) >= 11 is 0. The van der Waals surface area contributed by atoms with Gasteiger partial charge in [-0.05, 0) is 25.1 Å². The number of carbonyl (C=O) groups excluding carboxylic acids is 1. The van der Waals surface area contributed by atoms with E-state index in [1.165, 1.54) is 0 Å². The molecule has 1 saturated heterocycles. The molecular formula is C21H20F6N2O6S. The number of amides is 1. The lowest BCUT2D eigenvalue weighted by atomic mass is 10.1. The second-order valence-electron chi connectivity index (χ2n) is 7.88. The van der Waals surface area contributed by atoms with Crippen LogP contribution in [0.15, 0.2) is 35.4 Å². The average molecular weight is 542 g/mol. The Morgan fingerprint density at radius 1 is 1.11 bits per heavy atom. The number of pyridine rings is 1. The van der Waals surface area contributed by atoms with Crippen molar-refractivity contribution in [2.45, 2.75) is 36.4 Å². The lowest BCUT2D eigenvalue weighted by Crippen LogP contribution is -2.56. The smallest absolute Gasteiger partial charge is 0.425 e. The average Bonchev–Trinajstić information content (AvgIpc) is 2.73. The Balaban J connectivity index is 1.83. The second-order valence-corrected chi connectivity index (χ2v) is 9.86. The van der Waals surface area contributed by atoms with Crippen LogP contribution in [-0.4, -0.2) is 69.0 Å². The van der Waals surface area contributed by atoms with Crippen molar-refractivity contribution >= 4 is 15.7 Å². The summed E-state index contributed by atoms with van der Waals surface area (Å²) in [5.74, 6) is -2.03. The van der Waals surface area contributed by atoms with Crippen LogP contribution in [0, 0.1) is 0 Å². The monoisotopic (exact) mass is 542 g/mol. The van der Waals surface area contributed by atoms with E-state index in [1.54, 1.807) is 0 Å². The van der Waals surface area contributed by atoms with Gasteiger partial charge in [-0.25, -0.2) is 13.4 Å². The van der Waals surface area contributed by atoms with Gasteiger partial charge in [0, 0.05) is 18.5 Å². The molecule has 1 aromatic heterocycles. The van der Waals surface area contributed by atoms with Crippen LogP contribution in [0.1, 0.15) is 22.8 Å². The summed E-state index contributed by atoms with van der Waals surface area (Å²) in [4.78, 5) is 17.5. The molecule has 0 bridgehead atoms. The third-order valence-electron chi connectivity index (χ3n) is 5.15. The molecule has 1 atom stereocenters. The third-order valence-corrected chi connectivity index (χ3v) is 6.27. The van der Waals surface area contributed by atoms with Crippen molar-refractivity contribution in [3.63, 3.8) is 0 Å². The van der Waals surface area contributed by atoms with Gasteiger partial charge < -0.3 is 19.1 Å². The van der Waals surface area contributed by atoms with Crippen LogP contribution in [0.3, 0.4) is 0 Å². The van der Waals surface area contributed by atoms with E-state index in [2.05, 4.69) is 4.98 Å². The highest BCUT2D eigenvalue weighted by Crippen LogP contribution is 2.39. The van der Waals surface area contributed by atoms with Gasteiger partial charge in [0.25, 0.3) is 5.91 Å². The number of halogens is 6. The Kier molecular flexibility index (Phi) is 7.35. The fraction of sp³-hybridized carbons (Fsp3) is 0.429. The predicted octanol–water partition coefficient (Wildman–Crippen LogP) is 3.75. The molecule has 0 saturated carbocycles. The highest BCUT2D eigenvalue weighted by molar-refractivity contribution is 7.90. The van der Waals surface area contributed by atoms with Crippen LogP contribution in [0.25, 0.3) is 0 Å². The zero-order valence-corrected chi connectivity index (χ0v) is 19.8. The quantitative estimate of drug-likeness (QED) is 0.492. The number of likely N-dealkylation sites (tertiary alicyclic amines) is 1. The van der Waals surface area contributed by atoms with E-state index in [4.69, 9.17) is 14.2 Å². The molecule has 1 fully saturated rings. The fourth-order valence-electron chi connectivity index (χ4n) is 3.22. The van der Waals surface area contributed by atoms with Gasteiger partial charge in [-0.2, -0.15) is 26.3 Å². The molecule has 1 amide bonds. The van der Waals surface area contributed by atoms with Gasteiger partial charge in [0.15, 0.2) is 21.7 Å². The number of nitrogens with zero attached hydrogens (tertiary/aromatic N) is 2. The highest BCUT2D eigenvalue weighted by Gasteiger charge is 2.41. The molecule has 36 heavy (non-hydrogen) atoms. The number of hydrogen-bond acceptors (Lipinski definition) is 7. The number of sulfone groups is 1. The Hall–Kier alpha value is -3.23. The molecule has 0 N–H and O–H groups in total. The normalized spacial score (nSPS) is 15.8. The number of hydrogen-bond donors (Lipinski definition) is 0. The van der Waals surface area contributed by atoms with E-state index < -0.39 is 67.8 Å². The van der Waals surface area contributed by atoms with Gasteiger partial charge in [-0.3, -0.25) is 4.79 Å². The molecule has 1 aliphatic heterocycles. The molecule has 0 unspecified atom stereocenters. The van der Waals surface area contributed by atoms with Gasteiger partial charge in [0.2, 0.25) is 5.88 Å². The lowest BCUT2D eigenvalue weighted by molar-refractivity contribution is -0.189. The lowest BCUT2D eigenvalue weighted by Gasteiger charge is -2.39. The molecule has 198 valence electrons. The van der Waals surface area contributed by atoms with Crippen molar-refractivity contribution in [3.05, 3.63) is 41.6 Å². The van der Waals surface area contributed by atoms with E-state index in [0.29, 0.717) is 6.20 Å². The zero-order valence-electron chi connectivity index (χ0n) is 19.0. The second kappa shape index (κ2) is 9.67. The Morgan fingerprint density at radius 3 is 2.22 bits per heavy atom. The Morgan fingerprint density at radius 2 is 1.75 bits per heavy atom. The standard InChI is InChI=1S/C21H20F6N2O6S/c1-11(20(22,23)24)34-14-5-6-15(36(3,31)32)18(33-2)17(14)19(30)29-9-13(10-29)35-16-7-4-12(8-28-16)21(25,26)27/h4-8,11,13H,9-10H2,1-3H3/t11-/m0/s1. The number of benzene rings is 1. The van der Waals surface area contributed by atoms with E-state index >= 15 is 0 Å². The van der Waals surface area contributed by atoms with E-state index in [0.717, 1.165) is 49.5 Å². The molecule has 8 nitrogen and oxygen atoms in total. The van der Waals surface area contributed by atoms with Gasteiger partial charge in [0.1, 0.15) is 22.3 Å². The summed E-state index contributed by atoms with van der Waals surface area (Å²) in [7, 11) is -2.89. The maximum absolute atomic E-state index is 13.2. The van der Waals surface area contributed by atoms with Crippen LogP contribution in [0.4, 0.5) is 26.3 Å². The summed E-state index contributed by atoms with van der Waals surface area (Å²) in [5, 5.41) is 0. The molecule has 15 heteroatoms. The Labute approximate surface area is 201 Å². The van der Waals surface area contributed by atoms with E-state index in [-0.39, 0.29) is 19.0 Å². The molecule has 1 aromatic carbocycles. The molecule has 0 spiro atoms. The number of methoxy groups -OCH3 is 1. The molecule has 0 aliphatic carbocycles. The minimum Gasteiger partial charge on any atom is -0.494 e. The van der Waals surface area contributed by atoms with Gasteiger partial charge >= 0.3 is 12.4 Å². The molecule has 2 aromatic rings. The minimum absolute atomic E-state index is 0.109. The van der Waals surface area contributed by atoms with Crippen LogP contribution in [0.2, 0.25) is 0 Å². The van der Waals surface area contributed by atoms with Crippen LogP contribution in [0.5, 0.6) is 17.4 Å². The first-order valence-corrected chi connectivity index (χ1v) is 12.0. The first-order chi connectivity index (χ1) is 16.5. The van der Waals surface area contributed by atoms with Gasteiger partial charge in [-0.15, -0.1) is 0 Å². The fourth-order valence-corrected chi connectivity index (χ4v) is 4.06. The van der Waals surface area contributed by atoms with Crippen LogP contribution in [-0.2, 0) is 16.0 Å². The maximum atomic E-state index is 13.2. The van der Waals surface area contributed by atoms with Gasteiger partial charge in [0.05, 0.1) is 25.8 Å².